The fourth-order valence-corrected chi connectivity index (χ4v) is 15.8. The number of likely N-dealkylation sites (N-methyl/N-ethyl adjacent to an activating group) is 4. The molecule has 54 heteroatoms. The van der Waals surface area contributed by atoms with Gasteiger partial charge in [-0.25, -0.2) is 0 Å². The Morgan fingerprint density at radius 3 is 0.949 bits per heavy atom. The van der Waals surface area contributed by atoms with Crippen LogP contribution in [-0.2, 0) is 57.8 Å². The fraction of sp³-hybridized carbons (Fsp3) is 0.357. The van der Waals surface area contributed by atoms with Crippen LogP contribution in [0.3, 0.4) is 0 Å². The third kappa shape index (κ3) is 61.1. The van der Waals surface area contributed by atoms with Gasteiger partial charge in [0, 0.05) is 213 Å². The molecule has 9 heterocycles. The molecule has 42 N–H and O–H groups in total. The molecule has 0 spiro atoms. The maximum Gasteiger partial charge on any atom is 0.223 e. The molecule has 0 unspecified atom stereocenters. The zero-order valence-electron chi connectivity index (χ0n) is 80.3. The first-order valence-corrected chi connectivity index (χ1v) is 49.8. The topological polar surface area (TPSA) is 784 Å². The highest BCUT2D eigenvalue weighted by Crippen LogP contribution is 2.16. The van der Waals surface area contributed by atoms with Crippen molar-refractivity contribution in [1.29, 1.82) is 21.6 Å². The molecule has 0 saturated carbocycles. The first-order chi connectivity index (χ1) is 65.7. The standard InChI is InChI=1S/4C10H17N5S.4C9H15N5S.C8H13N5S/c1-15(2)10(12)14-9(11)13-6-5-8-4-3-7-16-8;1-13-9(11)14-10(12)15(2)6-5-8-4-3-7-16-8;1-14(10(13)15(2)9(11)12)6-5-8-4-3-7-16-8;1-13-10(14-9(11)12)15(2)6-5-8-4-3-7-16-8;1-12-8(10)14-9(11)13-5-4-7-3-2-6-15-7;1-14(9(12)13-8(10)11)5-4-7-3-2-6-15-7;1-14(8(10)11)9(12)13-5-4-7-3-2-6-15-7;1-12-9(14-8(10)11)13-5-4-7-3-2-6-15-7;9-7(10)13-8(11)12-4-3-6-2-1-5-14-6/h2*3-4,7H,5-6H2,1-2H3,(H4,11,12,13,14);3-4,7,13H,5-6H2,1-2H3,(H3,11,12);3-4,7H,5-6H2,1-2H3,(H4,11,12,13,14);2-3,6H,4-5H2,1H3,(H5,10,11,12,13,14);2-3,6H,4-5H2,1H3,(H5,10,11,12,13);2-3,6H,4-5H2,1H3,(H3,10,11)(H2,12,13);2-3,6H,4-5H2,1H3,(H5,10,11,12,13,14);1-2,5H,3-4H2,(H6,9,10,11,12,13). The Morgan fingerprint density at radius 2 is 0.623 bits per heavy atom. The van der Waals surface area contributed by atoms with Gasteiger partial charge in [-0.05, 0) is 135 Å². The van der Waals surface area contributed by atoms with Gasteiger partial charge < -0.3 is 133 Å². The van der Waals surface area contributed by atoms with E-state index < -0.39 is 0 Å². The summed E-state index contributed by atoms with van der Waals surface area (Å²) in [5, 5.41) is 53.9. The molecule has 0 aliphatic heterocycles. The van der Waals surface area contributed by atoms with Crippen molar-refractivity contribution in [3.63, 3.8) is 0 Å². The molecule has 9 aromatic rings. The summed E-state index contributed by atoms with van der Waals surface area (Å²) in [5.41, 5.74) is 96.8. The van der Waals surface area contributed by atoms with Crippen LogP contribution in [0.15, 0.2) is 228 Å². The Kier molecular flexibility index (Phi) is 64.8. The SMILES string of the molecule is CN(C(=N)N)C(N)=NCCc1cccs1.CN(C)C(N)=NC(N)=NCCc1cccs1.CN(CCc1cccs1)C(=N)N(C)C(=N)N.CN(CCc1cccs1)C(=N)N=C(N)N.CN=C(N)N=C(N)N(C)CCc1cccs1.CN=C(N)NC(N)=NCCc1cccs1.CN=C(N=C(N)N)N(C)CCc1cccs1.CN=C(N=C(N)N)NCCc1cccs1.NC(N)=NC(N)=NCCc1cccs1. The predicted molar refractivity (Wildman–Crippen MR) is 597 cm³/mol. The van der Waals surface area contributed by atoms with E-state index in [1.807, 2.05) is 118 Å². The van der Waals surface area contributed by atoms with Gasteiger partial charge in [0.1, 0.15) is 0 Å². The predicted octanol–water partition coefficient (Wildman–Crippen LogP) is 3.45. The molecule has 0 fully saturated rings. The Balaban J connectivity index is 0.000000776. The minimum atomic E-state index is -0.118. The third-order valence-corrected chi connectivity index (χ3v) is 25.4. The zero-order valence-corrected chi connectivity index (χ0v) is 87.6. The molecule has 0 atom stereocenters. The lowest BCUT2D eigenvalue weighted by Crippen LogP contribution is -2.46. The van der Waals surface area contributed by atoms with Gasteiger partial charge in [-0.3, -0.25) is 76.7 Å². The van der Waals surface area contributed by atoms with Crippen molar-refractivity contribution in [2.45, 2.75) is 57.8 Å². The van der Waals surface area contributed by atoms with Crippen LogP contribution in [0.1, 0.15) is 43.9 Å². The van der Waals surface area contributed by atoms with Crippen LogP contribution in [0.4, 0.5) is 0 Å². The number of hydrogen-bond donors (Lipinski definition) is 24. The lowest BCUT2D eigenvalue weighted by molar-refractivity contribution is 0.450. The van der Waals surface area contributed by atoms with Crippen LogP contribution in [0, 0.1) is 21.6 Å². The zero-order chi connectivity index (χ0) is 103. The summed E-state index contributed by atoms with van der Waals surface area (Å²) in [7, 11) is 20.7. The normalized spacial score (nSPS) is 11.5. The minimum absolute atomic E-state index is 0.0132. The summed E-state index contributed by atoms with van der Waals surface area (Å²) in [6, 6.07) is 36.9. The summed E-state index contributed by atoms with van der Waals surface area (Å²) < 4.78 is 0. The lowest BCUT2D eigenvalue weighted by Gasteiger charge is -2.26. The van der Waals surface area contributed by atoms with Crippen molar-refractivity contribution in [2.75, 3.05) is 143 Å². The Labute approximate surface area is 845 Å². The number of thiophene rings is 9. The third-order valence-electron chi connectivity index (χ3n) is 17.0. The highest BCUT2D eigenvalue weighted by atomic mass is 32.1. The second-order valence-electron chi connectivity index (χ2n) is 28.0. The number of aliphatic imine (C=N–C) groups is 14. The highest BCUT2D eigenvalue weighted by molar-refractivity contribution is 7.12. The molecule has 0 saturated heterocycles. The summed E-state index contributed by atoms with van der Waals surface area (Å²) >= 11 is 15.5. The van der Waals surface area contributed by atoms with Gasteiger partial charge in [0.25, 0.3) is 0 Å². The minimum Gasteiger partial charge on any atom is -0.370 e. The van der Waals surface area contributed by atoms with E-state index in [0.717, 1.165) is 90.5 Å². The van der Waals surface area contributed by atoms with Gasteiger partial charge in [-0.1, -0.05) is 54.6 Å². The molecule has 138 heavy (non-hydrogen) atoms. The van der Waals surface area contributed by atoms with Crippen LogP contribution in [0.5, 0.6) is 0 Å². The smallest absolute Gasteiger partial charge is 0.223 e. The monoisotopic (exact) mass is 2070 g/mol. The summed E-state index contributed by atoms with van der Waals surface area (Å²) in [6.45, 7) is 6.40. The van der Waals surface area contributed by atoms with Crippen LogP contribution in [0.25, 0.3) is 0 Å². The van der Waals surface area contributed by atoms with Crippen LogP contribution < -0.4 is 114 Å². The second kappa shape index (κ2) is 73.3. The van der Waals surface area contributed by atoms with Crippen molar-refractivity contribution in [1.82, 2.24) is 44.9 Å². The molecule has 756 valence electrons. The van der Waals surface area contributed by atoms with Crippen molar-refractivity contribution < 1.29 is 0 Å². The Bertz CT molecular complexity index is 5190. The molecule has 45 nitrogen and oxygen atoms in total. The molecule has 0 bridgehead atoms. The van der Waals surface area contributed by atoms with Crippen LogP contribution >= 0.6 is 102 Å². The Morgan fingerprint density at radius 1 is 0.297 bits per heavy atom. The van der Waals surface area contributed by atoms with Crippen molar-refractivity contribution in [3.05, 3.63) is 202 Å². The van der Waals surface area contributed by atoms with Gasteiger partial charge in [-0.2, -0.15) is 30.0 Å². The molecule has 9 aromatic heterocycles. The second-order valence-corrected chi connectivity index (χ2v) is 37.3. The van der Waals surface area contributed by atoms with E-state index in [1.54, 1.807) is 180 Å². The molecule has 0 aliphatic carbocycles. The Hall–Kier alpha value is -14.0. The molecule has 0 radical (unpaired) electrons. The van der Waals surface area contributed by atoms with E-state index in [0.29, 0.717) is 56.0 Å². The maximum atomic E-state index is 7.79. The molecular weight excluding hydrogens is 1930 g/mol. The maximum absolute atomic E-state index is 7.79. The van der Waals surface area contributed by atoms with E-state index in [9.17, 15) is 0 Å². The van der Waals surface area contributed by atoms with Crippen LogP contribution in [-0.4, -0.2) is 285 Å². The number of nitrogens with zero attached hydrogens (tertiary/aromatic N) is 21. The van der Waals surface area contributed by atoms with Crippen LogP contribution in [0.2, 0.25) is 0 Å². The van der Waals surface area contributed by atoms with E-state index in [4.69, 9.17) is 125 Å². The van der Waals surface area contributed by atoms with E-state index >= 15 is 0 Å². The van der Waals surface area contributed by atoms with Gasteiger partial charge in [0.2, 0.25) is 35.8 Å². The molecule has 0 aliphatic rings. The van der Waals surface area contributed by atoms with Crippen molar-refractivity contribution >= 4 is 209 Å². The quantitative estimate of drug-likeness (QED) is 0.0259. The van der Waals surface area contributed by atoms with Gasteiger partial charge in [-0.15, -0.1) is 102 Å². The first-order valence-electron chi connectivity index (χ1n) is 41.9. The average Bonchev–Trinajstić information content (AvgIpc) is 0.917. The largest absolute Gasteiger partial charge is 0.370 e. The number of guanidine groups is 18. The van der Waals surface area contributed by atoms with Gasteiger partial charge in [0.05, 0.1) is 0 Å². The van der Waals surface area contributed by atoms with Gasteiger partial charge in [0.15, 0.2) is 71.5 Å². The number of rotatable bonds is 27. The molecule has 0 aromatic carbocycles. The number of nitrogens with two attached hydrogens (primary N) is 18. The highest BCUT2D eigenvalue weighted by Gasteiger charge is 2.14. The van der Waals surface area contributed by atoms with E-state index in [1.165, 1.54) is 53.7 Å². The van der Waals surface area contributed by atoms with E-state index in [-0.39, 0.29) is 77.5 Å². The first kappa shape index (κ1) is 122. The summed E-state index contributed by atoms with van der Waals surface area (Å²) in [4.78, 5) is 78.0. The number of nitrogens with one attached hydrogen (secondary N) is 6. The average molecular weight is 2070 g/mol. The van der Waals surface area contributed by atoms with E-state index in [2.05, 4.69) is 151 Å². The summed E-state index contributed by atoms with van der Waals surface area (Å²) in [5.74, 6) is 3.16. The van der Waals surface area contributed by atoms with Crippen molar-refractivity contribution in [3.8, 4) is 0 Å². The molecule has 0 amide bonds. The van der Waals surface area contributed by atoms with Crippen molar-refractivity contribution in [2.24, 2.45) is 173 Å². The van der Waals surface area contributed by atoms with Gasteiger partial charge >= 0.3 is 0 Å². The lowest BCUT2D eigenvalue weighted by atomic mass is 10.3. The number of hydrogen-bond acceptors (Lipinski definition) is 21. The summed E-state index contributed by atoms with van der Waals surface area (Å²) in [6.07, 6.45) is 8.16. The molecular formula is C84H141N45S9. The fourth-order valence-electron chi connectivity index (χ4n) is 9.48. The molecule has 9 rings (SSSR count).